The normalized spacial score (nSPS) is 12.0. The van der Waals surface area contributed by atoms with Gasteiger partial charge in [0, 0.05) is 12.6 Å². The molecule has 0 saturated carbocycles. The van der Waals surface area contributed by atoms with E-state index >= 15 is 0 Å². The second-order valence-corrected chi connectivity index (χ2v) is 3.41. The highest BCUT2D eigenvalue weighted by molar-refractivity contribution is 4.52. The van der Waals surface area contributed by atoms with E-state index in [2.05, 4.69) is 4.90 Å². The molecule has 0 rings (SSSR count). The Morgan fingerprint density at radius 3 is 2.09 bits per heavy atom. The van der Waals surface area contributed by atoms with E-state index in [4.69, 9.17) is 0 Å². The lowest BCUT2D eigenvalue weighted by molar-refractivity contribution is -0.117. The van der Waals surface area contributed by atoms with Crippen LogP contribution in [0.5, 0.6) is 0 Å². The molecule has 0 heterocycles. The Bertz CT molecular complexity index is 94.1. The van der Waals surface area contributed by atoms with E-state index in [-0.39, 0.29) is 6.04 Å². The third-order valence-corrected chi connectivity index (χ3v) is 1.59. The average Bonchev–Trinajstić information content (AvgIpc) is 1.86. The third kappa shape index (κ3) is 6.28. The summed E-state index contributed by atoms with van der Waals surface area (Å²) in [6.45, 7) is 5.75. The Balaban J connectivity index is 3.24. The van der Waals surface area contributed by atoms with Gasteiger partial charge in [-0.3, -0.25) is 0 Å². The molecular formula is C8H20N2O. The van der Waals surface area contributed by atoms with Gasteiger partial charge >= 0.3 is 0 Å². The number of nitrogens with zero attached hydrogens (tertiary/aromatic N) is 2. The van der Waals surface area contributed by atoms with Gasteiger partial charge in [0.15, 0.2) is 0 Å². The number of rotatable bonds is 5. The minimum absolute atomic E-state index is 0.233. The fraction of sp³-hybridized carbons (Fsp3) is 1.00. The molecule has 68 valence electrons. The molecule has 0 amide bonds. The zero-order valence-electron chi connectivity index (χ0n) is 8.04. The molecule has 0 spiro atoms. The van der Waals surface area contributed by atoms with E-state index in [9.17, 15) is 5.21 Å². The van der Waals surface area contributed by atoms with Gasteiger partial charge < -0.3 is 10.1 Å². The van der Waals surface area contributed by atoms with E-state index in [0.29, 0.717) is 0 Å². The van der Waals surface area contributed by atoms with Crippen LogP contribution in [-0.4, -0.2) is 48.4 Å². The van der Waals surface area contributed by atoms with Crippen LogP contribution in [0.2, 0.25) is 0 Å². The summed E-state index contributed by atoms with van der Waals surface area (Å²) in [4.78, 5) is 2.12. The maximum Gasteiger partial charge on any atom is 0.0293 e. The lowest BCUT2D eigenvalue weighted by atomic mass is 10.3. The van der Waals surface area contributed by atoms with E-state index in [1.54, 1.807) is 0 Å². The summed E-state index contributed by atoms with van der Waals surface area (Å²) in [5.41, 5.74) is 0. The molecule has 3 nitrogen and oxygen atoms in total. The van der Waals surface area contributed by atoms with E-state index in [1.807, 2.05) is 27.9 Å². The molecule has 0 aromatic heterocycles. The van der Waals surface area contributed by atoms with Gasteiger partial charge in [-0.25, -0.2) is 0 Å². The van der Waals surface area contributed by atoms with Crippen molar-refractivity contribution in [3.8, 4) is 0 Å². The maximum atomic E-state index is 9.25. The SMILES string of the molecule is CC(C)N(O)CCCN(C)C. The van der Waals surface area contributed by atoms with Crippen LogP contribution >= 0.6 is 0 Å². The van der Waals surface area contributed by atoms with Crippen molar-refractivity contribution < 1.29 is 5.21 Å². The van der Waals surface area contributed by atoms with Gasteiger partial charge in [-0.05, 0) is 40.9 Å². The predicted octanol–water partition coefficient (Wildman–Crippen LogP) is 1.04. The third-order valence-electron chi connectivity index (χ3n) is 1.59. The van der Waals surface area contributed by atoms with Gasteiger partial charge in [0.1, 0.15) is 0 Å². The second-order valence-electron chi connectivity index (χ2n) is 3.41. The fourth-order valence-electron chi connectivity index (χ4n) is 0.807. The highest BCUT2D eigenvalue weighted by Gasteiger charge is 2.03. The average molecular weight is 160 g/mol. The van der Waals surface area contributed by atoms with Crippen LogP contribution in [0, 0.1) is 0 Å². The van der Waals surface area contributed by atoms with Crippen molar-refractivity contribution in [3.05, 3.63) is 0 Å². The van der Waals surface area contributed by atoms with Crippen molar-refractivity contribution in [1.82, 2.24) is 9.96 Å². The first-order valence-corrected chi connectivity index (χ1v) is 4.14. The monoisotopic (exact) mass is 160 g/mol. The van der Waals surface area contributed by atoms with E-state index < -0.39 is 0 Å². The Labute approximate surface area is 69.6 Å². The first kappa shape index (κ1) is 10.9. The quantitative estimate of drug-likeness (QED) is 0.609. The lowest BCUT2D eigenvalue weighted by Crippen LogP contribution is -2.29. The molecule has 0 fully saturated rings. The summed E-state index contributed by atoms with van der Waals surface area (Å²) < 4.78 is 0. The van der Waals surface area contributed by atoms with Crippen molar-refractivity contribution >= 4 is 0 Å². The molecule has 0 aliphatic carbocycles. The molecule has 0 aromatic carbocycles. The number of hydrogen-bond acceptors (Lipinski definition) is 3. The molecular weight excluding hydrogens is 140 g/mol. The van der Waals surface area contributed by atoms with Crippen molar-refractivity contribution in [2.75, 3.05) is 27.2 Å². The predicted molar refractivity (Wildman–Crippen MR) is 46.8 cm³/mol. The Kier molecular flexibility index (Phi) is 5.46. The van der Waals surface area contributed by atoms with Crippen molar-refractivity contribution in [1.29, 1.82) is 0 Å². The van der Waals surface area contributed by atoms with E-state index in [1.165, 1.54) is 5.06 Å². The number of hydrogen-bond donors (Lipinski definition) is 1. The molecule has 0 bridgehead atoms. The van der Waals surface area contributed by atoms with Gasteiger partial charge in [-0.15, -0.1) is 0 Å². The van der Waals surface area contributed by atoms with Crippen LogP contribution < -0.4 is 0 Å². The summed E-state index contributed by atoms with van der Waals surface area (Å²) in [5.74, 6) is 0. The summed E-state index contributed by atoms with van der Waals surface area (Å²) in [6, 6.07) is 0.233. The van der Waals surface area contributed by atoms with Gasteiger partial charge in [-0.2, -0.15) is 5.06 Å². The zero-order chi connectivity index (χ0) is 8.85. The van der Waals surface area contributed by atoms with E-state index in [0.717, 1.165) is 19.5 Å². The Morgan fingerprint density at radius 2 is 1.73 bits per heavy atom. The molecule has 0 aromatic rings. The molecule has 0 radical (unpaired) electrons. The molecule has 0 atom stereocenters. The largest absolute Gasteiger partial charge is 0.314 e. The summed E-state index contributed by atoms with van der Waals surface area (Å²) in [6.07, 6.45) is 1.02. The maximum absolute atomic E-state index is 9.25. The number of hydroxylamine groups is 2. The highest BCUT2D eigenvalue weighted by atomic mass is 16.5. The zero-order valence-corrected chi connectivity index (χ0v) is 8.04. The molecule has 0 aliphatic rings. The van der Waals surface area contributed by atoms with Crippen LogP contribution in [0.3, 0.4) is 0 Å². The molecule has 1 N–H and O–H groups in total. The van der Waals surface area contributed by atoms with Crippen molar-refractivity contribution in [2.24, 2.45) is 0 Å². The topological polar surface area (TPSA) is 26.7 Å². The smallest absolute Gasteiger partial charge is 0.0293 e. The highest BCUT2D eigenvalue weighted by Crippen LogP contribution is 1.94. The van der Waals surface area contributed by atoms with Crippen molar-refractivity contribution in [3.63, 3.8) is 0 Å². The first-order valence-electron chi connectivity index (χ1n) is 4.14. The minimum atomic E-state index is 0.233. The molecule has 0 unspecified atom stereocenters. The summed E-state index contributed by atoms with van der Waals surface area (Å²) in [5, 5.41) is 10.6. The van der Waals surface area contributed by atoms with Gasteiger partial charge in [0.05, 0.1) is 0 Å². The van der Waals surface area contributed by atoms with Crippen molar-refractivity contribution in [2.45, 2.75) is 26.3 Å². The fourth-order valence-corrected chi connectivity index (χ4v) is 0.807. The van der Waals surface area contributed by atoms with Crippen LogP contribution in [0.4, 0.5) is 0 Å². The molecule has 11 heavy (non-hydrogen) atoms. The molecule has 3 heteroatoms. The van der Waals surface area contributed by atoms with Crippen LogP contribution in [-0.2, 0) is 0 Å². The standard InChI is InChI=1S/C8H20N2O/c1-8(2)10(11)7-5-6-9(3)4/h8,11H,5-7H2,1-4H3. The first-order chi connectivity index (χ1) is 5.04. The van der Waals surface area contributed by atoms with Crippen LogP contribution in [0.15, 0.2) is 0 Å². The van der Waals surface area contributed by atoms with Gasteiger partial charge in [0.2, 0.25) is 0 Å². The Hall–Kier alpha value is -0.120. The van der Waals surface area contributed by atoms with Crippen LogP contribution in [0.25, 0.3) is 0 Å². The second kappa shape index (κ2) is 5.52. The minimum Gasteiger partial charge on any atom is -0.314 e. The van der Waals surface area contributed by atoms with Crippen LogP contribution in [0.1, 0.15) is 20.3 Å². The Morgan fingerprint density at radius 1 is 1.18 bits per heavy atom. The van der Waals surface area contributed by atoms with Gasteiger partial charge in [0.25, 0.3) is 0 Å². The lowest BCUT2D eigenvalue weighted by Gasteiger charge is -2.19. The van der Waals surface area contributed by atoms with Gasteiger partial charge in [-0.1, -0.05) is 0 Å². The molecule has 0 saturated heterocycles. The summed E-state index contributed by atoms with van der Waals surface area (Å²) >= 11 is 0. The summed E-state index contributed by atoms with van der Waals surface area (Å²) in [7, 11) is 4.08. The molecule has 0 aliphatic heterocycles.